The molecule has 12 heavy (non-hydrogen) atoms. The lowest BCUT2D eigenvalue weighted by molar-refractivity contribution is 0.242. The van der Waals surface area contributed by atoms with Crippen molar-refractivity contribution in [1.29, 1.82) is 0 Å². The summed E-state index contributed by atoms with van der Waals surface area (Å²) in [5.41, 5.74) is 0. The maximum atomic E-state index is 2.40. The fraction of sp³-hybridized carbons (Fsp3) is 1.00. The molecule has 1 aliphatic heterocycles. The zero-order chi connectivity index (χ0) is 8.55. The molecule has 2 fully saturated rings. The molecule has 0 bridgehead atoms. The Labute approximate surface area is 80.5 Å². The minimum absolute atomic E-state index is 0.922. The second kappa shape index (κ2) is 3.61. The van der Waals surface area contributed by atoms with E-state index in [1.54, 1.807) is 0 Å². The van der Waals surface area contributed by atoms with Gasteiger partial charge in [-0.15, -0.1) is 0 Å². The van der Waals surface area contributed by atoms with Crippen molar-refractivity contribution in [2.24, 2.45) is 17.8 Å². The van der Waals surface area contributed by atoms with Crippen LogP contribution < -0.4 is 0 Å². The summed E-state index contributed by atoms with van der Waals surface area (Å²) < 4.78 is 0. The van der Waals surface area contributed by atoms with Crippen LogP contribution in [-0.4, -0.2) is 11.0 Å². The Balaban J connectivity index is 2.01. The third-order valence-corrected chi connectivity index (χ3v) is 5.25. The number of rotatable bonds is 1. The molecule has 1 heteroatoms. The van der Waals surface area contributed by atoms with Gasteiger partial charge in [0.05, 0.1) is 0 Å². The van der Waals surface area contributed by atoms with Gasteiger partial charge in [0.1, 0.15) is 0 Å². The SMILES string of the molecule is CC(C)C1CSC2CCCCC21. The average Bonchev–Trinajstić information content (AvgIpc) is 2.47. The fourth-order valence-electron chi connectivity index (χ4n) is 2.87. The summed E-state index contributed by atoms with van der Waals surface area (Å²) in [7, 11) is 0. The van der Waals surface area contributed by atoms with Gasteiger partial charge >= 0.3 is 0 Å². The third-order valence-electron chi connectivity index (χ3n) is 3.66. The third kappa shape index (κ3) is 1.53. The molecule has 0 aromatic heterocycles. The molecule has 70 valence electrons. The predicted octanol–water partition coefficient (Wildman–Crippen LogP) is 3.56. The molecule has 1 saturated heterocycles. The Morgan fingerprint density at radius 2 is 1.92 bits per heavy atom. The van der Waals surface area contributed by atoms with Crippen LogP contribution in [0.25, 0.3) is 0 Å². The first-order chi connectivity index (χ1) is 5.79. The van der Waals surface area contributed by atoms with E-state index in [2.05, 4.69) is 25.6 Å². The van der Waals surface area contributed by atoms with Crippen molar-refractivity contribution in [2.75, 3.05) is 5.75 Å². The van der Waals surface area contributed by atoms with Gasteiger partial charge in [0.25, 0.3) is 0 Å². The number of hydrogen-bond acceptors (Lipinski definition) is 1. The molecule has 0 aromatic rings. The monoisotopic (exact) mass is 184 g/mol. The zero-order valence-electron chi connectivity index (χ0n) is 8.25. The Morgan fingerprint density at radius 3 is 2.67 bits per heavy atom. The standard InChI is InChI=1S/C11H20S/c1-8(2)10-7-12-11-6-4-3-5-9(10)11/h8-11H,3-7H2,1-2H3. The quantitative estimate of drug-likeness (QED) is 0.600. The average molecular weight is 184 g/mol. The topological polar surface area (TPSA) is 0 Å². The minimum atomic E-state index is 0.922. The van der Waals surface area contributed by atoms with Crippen molar-refractivity contribution in [1.82, 2.24) is 0 Å². The number of fused-ring (bicyclic) bond motifs is 1. The van der Waals surface area contributed by atoms with Crippen molar-refractivity contribution < 1.29 is 0 Å². The van der Waals surface area contributed by atoms with Gasteiger partial charge in [0, 0.05) is 5.25 Å². The van der Waals surface area contributed by atoms with E-state index < -0.39 is 0 Å². The molecular weight excluding hydrogens is 164 g/mol. The molecule has 0 radical (unpaired) electrons. The van der Waals surface area contributed by atoms with E-state index in [0.717, 1.165) is 23.0 Å². The molecule has 0 aromatic carbocycles. The molecule has 1 saturated carbocycles. The Morgan fingerprint density at radius 1 is 1.17 bits per heavy atom. The normalized spacial score (nSPS) is 41.8. The highest BCUT2D eigenvalue weighted by Crippen LogP contribution is 2.47. The van der Waals surface area contributed by atoms with Gasteiger partial charge in [-0.3, -0.25) is 0 Å². The summed E-state index contributed by atoms with van der Waals surface area (Å²) in [5.74, 6) is 4.50. The summed E-state index contributed by atoms with van der Waals surface area (Å²) >= 11 is 2.26. The van der Waals surface area contributed by atoms with E-state index >= 15 is 0 Å². The summed E-state index contributed by atoms with van der Waals surface area (Å²) in [6, 6.07) is 0. The summed E-state index contributed by atoms with van der Waals surface area (Å²) in [5, 5.41) is 1.05. The van der Waals surface area contributed by atoms with Crippen molar-refractivity contribution in [3.05, 3.63) is 0 Å². The van der Waals surface area contributed by atoms with Gasteiger partial charge < -0.3 is 0 Å². The van der Waals surface area contributed by atoms with Crippen LogP contribution in [0.5, 0.6) is 0 Å². The molecule has 1 aliphatic carbocycles. The summed E-state index contributed by atoms with van der Waals surface area (Å²) in [6.45, 7) is 4.81. The summed E-state index contributed by atoms with van der Waals surface area (Å²) in [6.07, 6.45) is 6.04. The highest BCUT2D eigenvalue weighted by Gasteiger charge is 2.38. The Hall–Kier alpha value is 0.350. The van der Waals surface area contributed by atoms with Crippen molar-refractivity contribution in [2.45, 2.75) is 44.8 Å². The van der Waals surface area contributed by atoms with E-state index in [1.807, 2.05) is 0 Å². The molecule has 0 amide bonds. The first-order valence-electron chi connectivity index (χ1n) is 5.40. The molecule has 0 N–H and O–H groups in total. The molecule has 0 spiro atoms. The van der Waals surface area contributed by atoms with Gasteiger partial charge in [0.15, 0.2) is 0 Å². The van der Waals surface area contributed by atoms with Crippen molar-refractivity contribution in [3.8, 4) is 0 Å². The zero-order valence-corrected chi connectivity index (χ0v) is 9.07. The van der Waals surface area contributed by atoms with Crippen molar-refractivity contribution >= 4 is 11.8 Å². The lowest BCUT2D eigenvalue weighted by Gasteiger charge is -2.30. The van der Waals surface area contributed by atoms with Crippen LogP contribution in [0.15, 0.2) is 0 Å². The Bertz CT molecular complexity index is 153. The highest BCUT2D eigenvalue weighted by molar-refractivity contribution is 8.00. The Kier molecular flexibility index (Phi) is 2.69. The van der Waals surface area contributed by atoms with Gasteiger partial charge in [0.2, 0.25) is 0 Å². The number of hydrogen-bond donors (Lipinski definition) is 0. The van der Waals surface area contributed by atoms with Gasteiger partial charge in [-0.1, -0.05) is 26.7 Å². The van der Waals surface area contributed by atoms with Crippen LogP contribution in [0.1, 0.15) is 39.5 Å². The molecule has 2 aliphatic rings. The minimum Gasteiger partial charge on any atom is -0.158 e. The molecule has 2 rings (SSSR count). The van der Waals surface area contributed by atoms with E-state index in [1.165, 1.54) is 31.4 Å². The van der Waals surface area contributed by atoms with Gasteiger partial charge in [-0.2, -0.15) is 11.8 Å². The van der Waals surface area contributed by atoms with E-state index in [0.29, 0.717) is 0 Å². The predicted molar refractivity (Wildman–Crippen MR) is 56.5 cm³/mol. The number of thioether (sulfide) groups is 1. The van der Waals surface area contributed by atoms with E-state index in [-0.39, 0.29) is 0 Å². The lowest BCUT2D eigenvalue weighted by atomic mass is 9.76. The molecule has 1 heterocycles. The largest absolute Gasteiger partial charge is 0.158 e. The van der Waals surface area contributed by atoms with Crippen molar-refractivity contribution in [3.63, 3.8) is 0 Å². The van der Waals surface area contributed by atoms with Crippen LogP contribution >= 0.6 is 11.8 Å². The van der Waals surface area contributed by atoms with E-state index in [9.17, 15) is 0 Å². The molecule has 3 atom stereocenters. The van der Waals surface area contributed by atoms with Gasteiger partial charge in [-0.05, 0) is 36.3 Å². The van der Waals surface area contributed by atoms with E-state index in [4.69, 9.17) is 0 Å². The van der Waals surface area contributed by atoms with Crippen LogP contribution in [0.4, 0.5) is 0 Å². The van der Waals surface area contributed by atoms with Crippen LogP contribution in [0.2, 0.25) is 0 Å². The fourth-order valence-corrected chi connectivity index (χ4v) is 4.89. The molecular formula is C11H20S. The lowest BCUT2D eigenvalue weighted by Crippen LogP contribution is -2.25. The second-order valence-corrected chi connectivity index (χ2v) is 6.00. The molecule has 0 nitrogen and oxygen atoms in total. The van der Waals surface area contributed by atoms with Gasteiger partial charge in [-0.25, -0.2) is 0 Å². The van der Waals surface area contributed by atoms with Crippen LogP contribution in [-0.2, 0) is 0 Å². The smallest absolute Gasteiger partial charge is 0.00784 e. The molecule has 3 unspecified atom stereocenters. The first-order valence-corrected chi connectivity index (χ1v) is 6.45. The second-order valence-electron chi connectivity index (χ2n) is 4.73. The maximum absolute atomic E-state index is 2.40. The van der Waals surface area contributed by atoms with Crippen LogP contribution in [0.3, 0.4) is 0 Å². The highest BCUT2D eigenvalue weighted by atomic mass is 32.2. The maximum Gasteiger partial charge on any atom is 0.00784 e. The summed E-state index contributed by atoms with van der Waals surface area (Å²) in [4.78, 5) is 0. The first kappa shape index (κ1) is 8.93. The van der Waals surface area contributed by atoms with Crippen LogP contribution in [0, 0.1) is 17.8 Å².